The van der Waals surface area contributed by atoms with Gasteiger partial charge in [-0.15, -0.1) is 0 Å². The molecule has 0 fully saturated rings. The lowest BCUT2D eigenvalue weighted by molar-refractivity contribution is 0.110. The van der Waals surface area contributed by atoms with Gasteiger partial charge in [-0.3, -0.25) is 4.79 Å². The molecule has 0 atom stereocenters. The molecule has 0 amide bonds. The number of rotatable bonds is 1. The number of aryl methyl sites for hydroxylation is 1. The molecular formula is C10H7BrO2. The smallest absolute Gasteiger partial charge is 0.185 e. The number of carbonyl (C=O) groups is 1. The molecule has 0 unspecified atom stereocenters. The normalized spacial score (nSPS) is 10.6. The summed E-state index contributed by atoms with van der Waals surface area (Å²) in [5.74, 6) is 0.405. The van der Waals surface area contributed by atoms with Gasteiger partial charge in [-0.25, -0.2) is 0 Å². The predicted octanol–water partition coefficient (Wildman–Crippen LogP) is 3.32. The molecule has 0 saturated carbocycles. The summed E-state index contributed by atoms with van der Waals surface area (Å²) in [6, 6.07) is 5.66. The largest absolute Gasteiger partial charge is 0.453 e. The number of fused-ring (bicyclic) bond motifs is 1. The zero-order valence-electron chi connectivity index (χ0n) is 7.00. The van der Waals surface area contributed by atoms with Crippen LogP contribution < -0.4 is 0 Å². The number of hydrogen-bond donors (Lipinski definition) is 0. The molecule has 2 nitrogen and oxygen atoms in total. The molecule has 0 saturated heterocycles. The van der Waals surface area contributed by atoms with Crippen molar-refractivity contribution >= 4 is 33.2 Å². The number of carbonyl (C=O) groups excluding carboxylic acids is 1. The molecule has 2 aromatic rings. The second kappa shape index (κ2) is 3.00. The second-order valence-corrected chi connectivity index (χ2v) is 3.68. The van der Waals surface area contributed by atoms with Gasteiger partial charge in [-0.05, 0) is 19.1 Å². The first kappa shape index (κ1) is 8.51. The fourth-order valence-electron chi connectivity index (χ4n) is 1.38. The summed E-state index contributed by atoms with van der Waals surface area (Å²) in [5, 5.41) is 0.976. The van der Waals surface area contributed by atoms with Crippen molar-refractivity contribution in [1.29, 1.82) is 0 Å². The van der Waals surface area contributed by atoms with Gasteiger partial charge in [-0.2, -0.15) is 0 Å². The van der Waals surface area contributed by atoms with Gasteiger partial charge in [0.2, 0.25) is 0 Å². The third kappa shape index (κ3) is 1.20. The Balaban J connectivity index is 2.92. The molecule has 0 aliphatic carbocycles. The second-order valence-electron chi connectivity index (χ2n) is 2.82. The number of hydrogen-bond acceptors (Lipinski definition) is 2. The fraction of sp³-hybridized carbons (Fsp3) is 0.100. The van der Waals surface area contributed by atoms with Crippen LogP contribution in [0.5, 0.6) is 0 Å². The number of halogens is 1. The monoisotopic (exact) mass is 238 g/mol. The summed E-state index contributed by atoms with van der Waals surface area (Å²) in [4.78, 5) is 10.6. The molecular weight excluding hydrogens is 232 g/mol. The van der Waals surface area contributed by atoms with Crippen molar-refractivity contribution in [1.82, 2.24) is 0 Å². The molecule has 3 heteroatoms. The van der Waals surface area contributed by atoms with Crippen LogP contribution in [0.4, 0.5) is 0 Å². The molecule has 0 N–H and O–H groups in total. The van der Waals surface area contributed by atoms with Crippen molar-refractivity contribution in [2.45, 2.75) is 6.92 Å². The van der Waals surface area contributed by atoms with Gasteiger partial charge in [0.25, 0.3) is 0 Å². The maximum atomic E-state index is 10.6. The average molecular weight is 239 g/mol. The minimum Gasteiger partial charge on any atom is -0.453 e. The summed E-state index contributed by atoms with van der Waals surface area (Å²) in [6.07, 6.45) is 0.738. The van der Waals surface area contributed by atoms with Gasteiger partial charge in [-0.1, -0.05) is 22.0 Å². The van der Waals surface area contributed by atoms with Crippen LogP contribution in [0.25, 0.3) is 11.0 Å². The number of benzene rings is 1. The summed E-state index contributed by atoms with van der Waals surface area (Å²) < 4.78 is 6.29. The van der Waals surface area contributed by atoms with E-state index in [2.05, 4.69) is 15.9 Å². The van der Waals surface area contributed by atoms with Crippen molar-refractivity contribution in [3.63, 3.8) is 0 Å². The topological polar surface area (TPSA) is 30.2 Å². The van der Waals surface area contributed by atoms with Crippen LogP contribution in [0.15, 0.2) is 27.1 Å². The van der Waals surface area contributed by atoms with E-state index in [4.69, 9.17) is 4.42 Å². The molecule has 0 aliphatic heterocycles. The first-order valence-electron chi connectivity index (χ1n) is 3.87. The number of furan rings is 1. The van der Waals surface area contributed by atoms with E-state index in [1.807, 2.05) is 25.1 Å². The highest BCUT2D eigenvalue weighted by Gasteiger charge is 2.11. The Morgan fingerprint density at radius 2 is 2.23 bits per heavy atom. The van der Waals surface area contributed by atoms with Gasteiger partial charge >= 0.3 is 0 Å². The highest BCUT2D eigenvalue weighted by atomic mass is 79.9. The van der Waals surface area contributed by atoms with E-state index >= 15 is 0 Å². The lowest BCUT2D eigenvalue weighted by Crippen LogP contribution is -1.77. The van der Waals surface area contributed by atoms with Crippen LogP contribution in [-0.4, -0.2) is 6.29 Å². The van der Waals surface area contributed by atoms with Crippen LogP contribution in [0.1, 0.15) is 16.1 Å². The molecule has 1 aromatic carbocycles. The van der Waals surface area contributed by atoms with Gasteiger partial charge in [0.05, 0.1) is 0 Å². The van der Waals surface area contributed by atoms with E-state index in [1.165, 1.54) is 0 Å². The standard InChI is InChI=1S/C10H7BrO2/c1-6-9(5-12)13-8-4-2-3-7(11)10(6)8/h2-5H,1H3. The van der Waals surface area contributed by atoms with E-state index in [9.17, 15) is 4.79 Å². The quantitative estimate of drug-likeness (QED) is 0.714. The first-order valence-corrected chi connectivity index (χ1v) is 4.66. The van der Waals surface area contributed by atoms with E-state index < -0.39 is 0 Å². The molecule has 0 radical (unpaired) electrons. The van der Waals surface area contributed by atoms with Crippen LogP contribution in [0.2, 0.25) is 0 Å². The molecule has 2 rings (SSSR count). The molecule has 0 bridgehead atoms. The third-order valence-corrected chi connectivity index (χ3v) is 2.71. The minimum atomic E-state index is 0.405. The van der Waals surface area contributed by atoms with E-state index in [-0.39, 0.29) is 0 Å². The Labute approximate surface area is 83.7 Å². The Kier molecular flexibility index (Phi) is 1.96. The van der Waals surface area contributed by atoms with Gasteiger partial charge in [0.15, 0.2) is 12.0 Å². The van der Waals surface area contributed by atoms with Crippen LogP contribution in [0.3, 0.4) is 0 Å². The molecule has 1 heterocycles. The maximum Gasteiger partial charge on any atom is 0.185 e. The Hall–Kier alpha value is -1.09. The average Bonchev–Trinajstić information content (AvgIpc) is 2.44. The molecule has 0 spiro atoms. The van der Waals surface area contributed by atoms with Crippen molar-refractivity contribution in [3.8, 4) is 0 Å². The summed E-state index contributed by atoms with van der Waals surface area (Å²) in [5.41, 5.74) is 1.63. The van der Waals surface area contributed by atoms with Gasteiger partial charge in [0, 0.05) is 15.4 Å². The van der Waals surface area contributed by atoms with E-state index in [1.54, 1.807) is 0 Å². The lowest BCUT2D eigenvalue weighted by atomic mass is 10.1. The van der Waals surface area contributed by atoms with Crippen LogP contribution in [-0.2, 0) is 0 Å². The van der Waals surface area contributed by atoms with Crippen LogP contribution >= 0.6 is 15.9 Å². The van der Waals surface area contributed by atoms with Gasteiger partial charge in [0.1, 0.15) is 5.58 Å². The van der Waals surface area contributed by atoms with Crippen molar-refractivity contribution < 1.29 is 9.21 Å². The van der Waals surface area contributed by atoms with E-state index in [0.717, 1.165) is 27.3 Å². The van der Waals surface area contributed by atoms with Crippen molar-refractivity contribution in [2.24, 2.45) is 0 Å². The third-order valence-electron chi connectivity index (χ3n) is 2.05. The minimum absolute atomic E-state index is 0.405. The Morgan fingerprint density at radius 1 is 1.46 bits per heavy atom. The van der Waals surface area contributed by atoms with Crippen LogP contribution in [0, 0.1) is 6.92 Å². The number of aldehydes is 1. The van der Waals surface area contributed by atoms with Crippen molar-refractivity contribution in [3.05, 3.63) is 34.0 Å². The lowest BCUT2D eigenvalue weighted by Gasteiger charge is -1.91. The zero-order chi connectivity index (χ0) is 9.42. The molecule has 1 aromatic heterocycles. The SMILES string of the molecule is Cc1c(C=O)oc2cccc(Br)c12. The summed E-state index contributed by atoms with van der Waals surface area (Å²) >= 11 is 3.41. The van der Waals surface area contributed by atoms with E-state index in [0.29, 0.717) is 5.76 Å². The highest BCUT2D eigenvalue weighted by Crippen LogP contribution is 2.30. The predicted molar refractivity (Wildman–Crippen MR) is 54.0 cm³/mol. The fourth-order valence-corrected chi connectivity index (χ4v) is 2.03. The first-order chi connectivity index (χ1) is 6.24. The summed E-state index contributed by atoms with van der Waals surface area (Å²) in [7, 11) is 0. The molecule has 13 heavy (non-hydrogen) atoms. The molecule has 66 valence electrons. The van der Waals surface area contributed by atoms with Crippen molar-refractivity contribution in [2.75, 3.05) is 0 Å². The maximum absolute atomic E-state index is 10.6. The Bertz CT molecular complexity index is 471. The molecule has 0 aliphatic rings. The summed E-state index contributed by atoms with van der Waals surface area (Å²) in [6.45, 7) is 1.88. The van der Waals surface area contributed by atoms with Gasteiger partial charge < -0.3 is 4.42 Å². The zero-order valence-corrected chi connectivity index (χ0v) is 8.59. The Morgan fingerprint density at radius 3 is 2.85 bits per heavy atom. The highest BCUT2D eigenvalue weighted by molar-refractivity contribution is 9.10.